The summed E-state index contributed by atoms with van der Waals surface area (Å²) in [5, 5.41) is 10.3. The predicted molar refractivity (Wildman–Crippen MR) is 71.9 cm³/mol. The highest BCUT2D eigenvalue weighted by Gasteiger charge is 2.46. The number of β-amino-alcohol motifs (C(OH)–C–C–N with tert-alkyl or cyclic N) is 1. The van der Waals surface area contributed by atoms with E-state index < -0.39 is 5.60 Å². The summed E-state index contributed by atoms with van der Waals surface area (Å²) in [7, 11) is 0. The van der Waals surface area contributed by atoms with Crippen LogP contribution in [0.2, 0.25) is 0 Å². The lowest BCUT2D eigenvalue weighted by Crippen LogP contribution is -2.54. The molecule has 2 heterocycles. The highest BCUT2D eigenvalue weighted by molar-refractivity contribution is 5.98. The first kappa shape index (κ1) is 14.0. The molecule has 3 rings (SSSR count). The molecule has 0 aromatic heterocycles. The van der Waals surface area contributed by atoms with Crippen molar-refractivity contribution in [2.45, 2.75) is 57.0 Å². The summed E-state index contributed by atoms with van der Waals surface area (Å²) in [6.07, 6.45) is 6.87. The van der Waals surface area contributed by atoms with E-state index in [4.69, 9.17) is 4.74 Å². The van der Waals surface area contributed by atoms with E-state index in [1.807, 2.05) is 0 Å². The van der Waals surface area contributed by atoms with Crippen LogP contribution in [0.3, 0.4) is 0 Å². The van der Waals surface area contributed by atoms with E-state index in [2.05, 4.69) is 0 Å². The van der Waals surface area contributed by atoms with Crippen molar-refractivity contribution in [2.75, 3.05) is 19.8 Å². The van der Waals surface area contributed by atoms with Crippen LogP contribution < -0.4 is 0 Å². The molecule has 112 valence electrons. The lowest BCUT2D eigenvalue weighted by molar-refractivity contribution is -0.159. The number of imide groups is 1. The van der Waals surface area contributed by atoms with Gasteiger partial charge >= 0.3 is 0 Å². The average Bonchev–Trinajstić information content (AvgIpc) is 2.82. The standard InChI is InChI=1S/C15H23NO4/c17-12-8-14(4-2-1-3-5-14)9-13(18)16(12)10-15(19)6-7-20-11-15/h19H,1-11H2. The molecular weight excluding hydrogens is 258 g/mol. The molecule has 5 heteroatoms. The summed E-state index contributed by atoms with van der Waals surface area (Å²) in [4.78, 5) is 26.0. The molecule has 20 heavy (non-hydrogen) atoms. The predicted octanol–water partition coefficient (Wildman–Crippen LogP) is 1.24. The molecule has 1 saturated carbocycles. The normalized spacial score (nSPS) is 34.0. The Morgan fingerprint density at radius 1 is 1.05 bits per heavy atom. The summed E-state index contributed by atoms with van der Waals surface area (Å²) in [5.74, 6) is -0.216. The molecule has 2 saturated heterocycles. The van der Waals surface area contributed by atoms with E-state index >= 15 is 0 Å². The summed E-state index contributed by atoms with van der Waals surface area (Å²) < 4.78 is 5.18. The van der Waals surface area contributed by atoms with E-state index in [-0.39, 0.29) is 30.4 Å². The molecular formula is C15H23NO4. The molecule has 2 aliphatic heterocycles. The van der Waals surface area contributed by atoms with Gasteiger partial charge in [0.05, 0.1) is 13.2 Å². The second-order valence-electron chi connectivity index (χ2n) is 6.81. The molecule has 1 atom stereocenters. The van der Waals surface area contributed by atoms with Crippen molar-refractivity contribution in [2.24, 2.45) is 5.41 Å². The van der Waals surface area contributed by atoms with Crippen molar-refractivity contribution < 1.29 is 19.4 Å². The summed E-state index contributed by atoms with van der Waals surface area (Å²) >= 11 is 0. The Hall–Kier alpha value is -0.940. The number of amides is 2. The van der Waals surface area contributed by atoms with Gasteiger partial charge < -0.3 is 9.84 Å². The molecule has 1 aliphatic carbocycles. The monoisotopic (exact) mass is 281 g/mol. The van der Waals surface area contributed by atoms with Gasteiger partial charge in [-0.15, -0.1) is 0 Å². The van der Waals surface area contributed by atoms with Crippen LogP contribution >= 0.6 is 0 Å². The minimum absolute atomic E-state index is 0.0856. The molecule has 3 fully saturated rings. The van der Waals surface area contributed by atoms with Crippen molar-refractivity contribution in [1.82, 2.24) is 4.90 Å². The number of nitrogens with zero attached hydrogens (tertiary/aromatic N) is 1. The SMILES string of the molecule is O=C1CC2(CCCCC2)CC(=O)N1CC1(O)CCOC1. The Morgan fingerprint density at radius 3 is 2.25 bits per heavy atom. The Balaban J connectivity index is 1.69. The van der Waals surface area contributed by atoms with Gasteiger partial charge in [0.1, 0.15) is 5.60 Å². The zero-order valence-electron chi connectivity index (χ0n) is 11.9. The van der Waals surface area contributed by atoms with Gasteiger partial charge in [-0.3, -0.25) is 14.5 Å². The molecule has 3 aliphatic rings. The molecule has 0 aromatic rings. The third-order valence-electron chi connectivity index (χ3n) is 5.10. The van der Waals surface area contributed by atoms with Crippen LogP contribution in [-0.2, 0) is 14.3 Å². The maximum absolute atomic E-state index is 12.4. The van der Waals surface area contributed by atoms with E-state index in [0.29, 0.717) is 25.9 Å². The van der Waals surface area contributed by atoms with Gasteiger partial charge in [-0.2, -0.15) is 0 Å². The van der Waals surface area contributed by atoms with Gasteiger partial charge in [-0.05, 0) is 18.3 Å². The Kier molecular flexibility index (Phi) is 3.58. The molecule has 2 amide bonds. The number of carbonyl (C=O) groups excluding carboxylic acids is 2. The average molecular weight is 281 g/mol. The van der Waals surface area contributed by atoms with Crippen LogP contribution in [0.5, 0.6) is 0 Å². The lowest BCUT2D eigenvalue weighted by Gasteiger charge is -2.43. The second-order valence-corrected chi connectivity index (χ2v) is 6.81. The van der Waals surface area contributed by atoms with E-state index in [1.165, 1.54) is 11.3 Å². The van der Waals surface area contributed by atoms with Gasteiger partial charge in [0.25, 0.3) is 0 Å². The van der Waals surface area contributed by atoms with Gasteiger partial charge in [0, 0.05) is 25.9 Å². The maximum atomic E-state index is 12.4. The minimum Gasteiger partial charge on any atom is -0.386 e. The first-order valence-electron chi connectivity index (χ1n) is 7.65. The maximum Gasteiger partial charge on any atom is 0.229 e. The van der Waals surface area contributed by atoms with Crippen molar-refractivity contribution in [1.29, 1.82) is 0 Å². The number of likely N-dealkylation sites (tertiary alicyclic amines) is 1. The van der Waals surface area contributed by atoms with Crippen LogP contribution in [0.25, 0.3) is 0 Å². The van der Waals surface area contributed by atoms with Gasteiger partial charge in [-0.25, -0.2) is 0 Å². The fourth-order valence-corrected chi connectivity index (χ4v) is 3.88. The zero-order valence-corrected chi connectivity index (χ0v) is 11.9. The quantitative estimate of drug-likeness (QED) is 0.773. The summed E-state index contributed by atoms with van der Waals surface area (Å²) in [5.41, 5.74) is -1.12. The smallest absolute Gasteiger partial charge is 0.229 e. The number of rotatable bonds is 2. The van der Waals surface area contributed by atoms with E-state index in [1.54, 1.807) is 0 Å². The topological polar surface area (TPSA) is 66.8 Å². The lowest BCUT2D eigenvalue weighted by atomic mass is 9.67. The fourth-order valence-electron chi connectivity index (χ4n) is 3.88. The molecule has 0 aromatic carbocycles. The Morgan fingerprint density at radius 2 is 1.70 bits per heavy atom. The van der Waals surface area contributed by atoms with Crippen LogP contribution in [0.15, 0.2) is 0 Å². The Labute approximate surface area is 119 Å². The number of aliphatic hydroxyl groups is 1. The zero-order chi connectivity index (χ0) is 14.2. The van der Waals surface area contributed by atoms with E-state index in [0.717, 1.165) is 25.7 Å². The van der Waals surface area contributed by atoms with Crippen molar-refractivity contribution in [3.8, 4) is 0 Å². The van der Waals surface area contributed by atoms with Gasteiger partial charge in [0.2, 0.25) is 11.8 Å². The number of hydrogen-bond donors (Lipinski definition) is 1. The van der Waals surface area contributed by atoms with Gasteiger partial charge in [-0.1, -0.05) is 19.3 Å². The molecule has 1 N–H and O–H groups in total. The van der Waals surface area contributed by atoms with Crippen LogP contribution in [-0.4, -0.2) is 47.2 Å². The van der Waals surface area contributed by atoms with E-state index in [9.17, 15) is 14.7 Å². The number of piperidine rings is 1. The van der Waals surface area contributed by atoms with Crippen molar-refractivity contribution in [3.63, 3.8) is 0 Å². The second kappa shape index (κ2) is 5.11. The fraction of sp³-hybridized carbons (Fsp3) is 0.867. The highest BCUT2D eigenvalue weighted by atomic mass is 16.5. The summed E-state index contributed by atoms with van der Waals surface area (Å²) in [6.45, 7) is 0.812. The molecule has 1 unspecified atom stereocenters. The van der Waals surface area contributed by atoms with Crippen LogP contribution in [0, 0.1) is 5.41 Å². The number of carbonyl (C=O) groups is 2. The van der Waals surface area contributed by atoms with Crippen LogP contribution in [0.4, 0.5) is 0 Å². The van der Waals surface area contributed by atoms with Crippen molar-refractivity contribution >= 4 is 11.8 Å². The first-order valence-corrected chi connectivity index (χ1v) is 7.65. The summed E-state index contributed by atoms with van der Waals surface area (Å²) in [6, 6.07) is 0. The molecule has 5 nitrogen and oxygen atoms in total. The highest BCUT2D eigenvalue weighted by Crippen LogP contribution is 2.45. The third-order valence-corrected chi connectivity index (χ3v) is 5.10. The number of ether oxygens (including phenoxy) is 1. The first-order chi connectivity index (χ1) is 9.52. The van der Waals surface area contributed by atoms with Gasteiger partial charge in [0.15, 0.2) is 0 Å². The minimum atomic E-state index is -1.04. The molecule has 0 bridgehead atoms. The Bertz CT molecular complexity index is 388. The third kappa shape index (κ3) is 2.61. The molecule has 1 spiro atoms. The number of hydrogen-bond acceptors (Lipinski definition) is 4. The largest absolute Gasteiger partial charge is 0.386 e. The van der Waals surface area contributed by atoms with Crippen molar-refractivity contribution in [3.05, 3.63) is 0 Å². The van der Waals surface area contributed by atoms with Crippen LogP contribution in [0.1, 0.15) is 51.4 Å². The molecule has 0 radical (unpaired) electrons.